The Morgan fingerprint density at radius 3 is 0.854 bits per heavy atom. The number of nitrogens with zero attached hydrogens (tertiary/aromatic N) is 8. The number of para-hydroxylation sites is 2. The average molecular weight is 1230 g/mol. The minimum atomic E-state index is 0.573. The molecule has 0 bridgehead atoms. The van der Waals surface area contributed by atoms with Crippen LogP contribution in [0.25, 0.3) is 168 Å². The Morgan fingerprint density at radius 1 is 0.198 bits per heavy atom. The maximum Gasteiger partial charge on any atom is 0.164 e. The van der Waals surface area contributed by atoms with E-state index in [1.807, 2.05) is 72.8 Å². The average Bonchev–Trinajstić information content (AvgIpc) is 1.56. The number of hydrogen-bond acceptors (Lipinski definition) is 6. The highest BCUT2D eigenvalue weighted by molar-refractivity contribution is 6.13. The topological polar surface area (TPSA) is 87.2 Å². The fourth-order valence-corrected chi connectivity index (χ4v) is 14.0. The van der Waals surface area contributed by atoms with E-state index in [1.54, 1.807) is 0 Å². The normalized spacial score (nSPS) is 11.5. The number of rotatable bonds is 12. The lowest BCUT2D eigenvalue weighted by molar-refractivity contribution is 1.07. The lowest BCUT2D eigenvalue weighted by atomic mass is 9.94. The van der Waals surface area contributed by atoms with Crippen molar-refractivity contribution in [2.24, 2.45) is 0 Å². The lowest BCUT2D eigenvalue weighted by Crippen LogP contribution is -2.03. The first kappa shape index (κ1) is 57.4. The van der Waals surface area contributed by atoms with Crippen molar-refractivity contribution in [3.8, 4) is 124 Å². The third kappa shape index (κ3) is 10.4. The Hall–Kier alpha value is -12.5. The largest absolute Gasteiger partial charge is 0.309 e. The van der Waals surface area contributed by atoms with Crippen LogP contribution in [0.3, 0.4) is 0 Å². The molecular formula is C88H62N8. The summed E-state index contributed by atoms with van der Waals surface area (Å²) in [6.07, 6.45) is 0. The van der Waals surface area contributed by atoms with Gasteiger partial charge in [0.2, 0.25) is 0 Å². The summed E-state index contributed by atoms with van der Waals surface area (Å²) in [5.41, 5.74) is 25.5. The fourth-order valence-electron chi connectivity index (χ4n) is 14.0. The summed E-state index contributed by atoms with van der Waals surface area (Å²) >= 11 is 0. The minimum absolute atomic E-state index is 0.573. The summed E-state index contributed by atoms with van der Waals surface area (Å²) in [5.74, 6) is 3.55. The van der Waals surface area contributed by atoms with Gasteiger partial charge < -0.3 is 9.13 Å². The second-order valence-corrected chi connectivity index (χ2v) is 24.9. The van der Waals surface area contributed by atoms with Gasteiger partial charge in [-0.05, 0) is 127 Å². The van der Waals surface area contributed by atoms with Gasteiger partial charge in [-0.25, -0.2) is 29.9 Å². The summed E-state index contributed by atoms with van der Waals surface area (Å²) in [6.45, 7) is 8.72. The number of aryl methyl sites for hydroxylation is 4. The van der Waals surface area contributed by atoms with Crippen molar-refractivity contribution in [3.63, 3.8) is 0 Å². The van der Waals surface area contributed by atoms with Gasteiger partial charge in [0.15, 0.2) is 34.9 Å². The molecule has 0 radical (unpaired) electrons. The highest BCUT2D eigenvalue weighted by Crippen LogP contribution is 2.44. The third-order valence-electron chi connectivity index (χ3n) is 18.6. The molecule has 0 saturated carbocycles. The molecule has 0 aliphatic carbocycles. The zero-order valence-electron chi connectivity index (χ0n) is 53.4. The maximum absolute atomic E-state index is 5.29. The van der Waals surface area contributed by atoms with E-state index in [2.05, 4.69) is 267 Å². The van der Waals surface area contributed by atoms with Crippen LogP contribution in [0.5, 0.6) is 0 Å². The van der Waals surface area contributed by atoms with Gasteiger partial charge in [-0.15, -0.1) is 0 Å². The predicted molar refractivity (Wildman–Crippen MR) is 395 cm³/mol. The van der Waals surface area contributed by atoms with E-state index in [1.165, 1.54) is 44.5 Å². The fraction of sp³-hybridized carbons (Fsp3) is 0.0455. The molecule has 0 N–H and O–H groups in total. The molecule has 0 amide bonds. The van der Waals surface area contributed by atoms with Gasteiger partial charge in [0.05, 0.1) is 33.4 Å². The van der Waals surface area contributed by atoms with Crippen molar-refractivity contribution >= 4 is 43.6 Å². The minimum Gasteiger partial charge on any atom is -0.309 e. The molecule has 0 fully saturated rings. The van der Waals surface area contributed by atoms with Crippen molar-refractivity contribution in [2.75, 3.05) is 0 Å². The summed E-state index contributed by atoms with van der Waals surface area (Å²) in [5, 5.41) is 4.63. The molecule has 0 aliphatic rings. The quantitative estimate of drug-likeness (QED) is 0.121. The van der Waals surface area contributed by atoms with Crippen molar-refractivity contribution in [2.45, 2.75) is 27.7 Å². The number of benzene rings is 13. The summed E-state index contributed by atoms with van der Waals surface area (Å²) in [6, 6.07) is 108. The molecule has 13 aromatic carbocycles. The van der Waals surface area contributed by atoms with E-state index in [4.69, 9.17) is 29.9 Å². The van der Waals surface area contributed by atoms with Gasteiger partial charge in [-0.3, -0.25) is 0 Å². The predicted octanol–water partition coefficient (Wildman–Crippen LogP) is 22.2. The van der Waals surface area contributed by atoms with Crippen LogP contribution in [-0.4, -0.2) is 39.0 Å². The highest BCUT2D eigenvalue weighted by Gasteiger charge is 2.24. The third-order valence-corrected chi connectivity index (χ3v) is 18.6. The Labute approximate surface area is 556 Å². The van der Waals surface area contributed by atoms with Gasteiger partial charge in [0, 0.05) is 66.1 Å². The second-order valence-electron chi connectivity index (χ2n) is 24.9. The van der Waals surface area contributed by atoms with Crippen LogP contribution in [0.4, 0.5) is 0 Å². The molecule has 8 nitrogen and oxygen atoms in total. The zero-order chi connectivity index (χ0) is 64.4. The Bertz CT molecular complexity index is 5400. The molecule has 0 unspecified atom stereocenters. The molecule has 17 rings (SSSR count). The van der Waals surface area contributed by atoms with E-state index in [0.29, 0.717) is 34.9 Å². The van der Waals surface area contributed by atoms with Crippen molar-refractivity contribution in [3.05, 3.63) is 326 Å². The molecule has 0 saturated heterocycles. The second kappa shape index (κ2) is 23.9. The summed E-state index contributed by atoms with van der Waals surface area (Å²) in [7, 11) is 0. The molecule has 4 aromatic heterocycles. The molecule has 0 atom stereocenters. The van der Waals surface area contributed by atoms with Crippen LogP contribution in [-0.2, 0) is 0 Å². The molecule has 8 heteroatoms. The van der Waals surface area contributed by atoms with Crippen LogP contribution in [0.15, 0.2) is 303 Å². The number of hydrogen-bond donors (Lipinski definition) is 0. The number of aromatic nitrogens is 8. The lowest BCUT2D eigenvalue weighted by Gasteiger charge is -2.19. The van der Waals surface area contributed by atoms with Gasteiger partial charge in [0.1, 0.15) is 0 Å². The van der Waals surface area contributed by atoms with E-state index in [-0.39, 0.29) is 0 Å². The highest BCUT2D eigenvalue weighted by atomic mass is 15.1. The van der Waals surface area contributed by atoms with E-state index < -0.39 is 0 Å². The van der Waals surface area contributed by atoms with Crippen LogP contribution in [0.2, 0.25) is 0 Å². The first-order chi connectivity index (χ1) is 47.2. The van der Waals surface area contributed by atoms with Gasteiger partial charge in [-0.2, -0.15) is 0 Å². The molecule has 0 spiro atoms. The standard InChI is InChI=1S/C88H62N8/c1-55-36-42-69(57(3)48-55)65-40-46-79-75(51-65)73-32-17-19-34-77(73)95(79)81-53-67(87-91-83(59-22-9-5-10-23-59)89-84(92-87)60-24-11-6-12-25-60)38-44-71(81)63-30-21-31-64(50-63)72-45-39-68(88-93-85(61-26-13-7-14-27-61)90-86(94-88)62-28-15-8-16-29-62)54-82(72)96-78-35-20-18-33-74(78)76-52-66(41-47-80(76)96)70-43-37-56(2)49-58(70)4/h5-54H,1-4H3. The van der Waals surface area contributed by atoms with Crippen molar-refractivity contribution in [1.82, 2.24) is 39.0 Å². The Kier molecular flexibility index (Phi) is 14.3. The first-order valence-electron chi connectivity index (χ1n) is 32.6. The Balaban J connectivity index is 0.900. The maximum atomic E-state index is 5.29. The monoisotopic (exact) mass is 1230 g/mol. The van der Waals surface area contributed by atoms with Gasteiger partial charge >= 0.3 is 0 Å². The van der Waals surface area contributed by atoms with Crippen molar-refractivity contribution in [1.29, 1.82) is 0 Å². The van der Waals surface area contributed by atoms with Gasteiger partial charge in [0.25, 0.3) is 0 Å². The SMILES string of the molecule is Cc1ccc(-c2ccc3c(c2)c2ccccc2n3-c2cc(-c3nc(-c4ccccc4)nc(-c4ccccc4)n3)ccc2-c2cccc(-c3ccc(-c4nc(-c5ccccc5)nc(-c5ccccc5)n4)cc3-n3c4ccccc4c4cc(-c5ccc(C)cc5C)ccc43)c2)c(C)c1. The zero-order valence-corrected chi connectivity index (χ0v) is 53.4. The molecule has 454 valence electrons. The Morgan fingerprint density at radius 2 is 0.490 bits per heavy atom. The first-order valence-corrected chi connectivity index (χ1v) is 32.6. The van der Waals surface area contributed by atoms with E-state index in [0.717, 1.165) is 111 Å². The molecule has 0 aliphatic heterocycles. The summed E-state index contributed by atoms with van der Waals surface area (Å²) in [4.78, 5) is 31.4. The van der Waals surface area contributed by atoms with E-state index in [9.17, 15) is 0 Å². The van der Waals surface area contributed by atoms with Crippen molar-refractivity contribution < 1.29 is 0 Å². The van der Waals surface area contributed by atoms with Crippen LogP contribution in [0.1, 0.15) is 22.3 Å². The van der Waals surface area contributed by atoms with Crippen LogP contribution < -0.4 is 0 Å². The van der Waals surface area contributed by atoms with Crippen LogP contribution >= 0.6 is 0 Å². The molecule has 4 heterocycles. The van der Waals surface area contributed by atoms with E-state index >= 15 is 0 Å². The van der Waals surface area contributed by atoms with Crippen LogP contribution in [0, 0.1) is 27.7 Å². The molecule has 17 aromatic rings. The number of fused-ring (bicyclic) bond motifs is 6. The van der Waals surface area contributed by atoms with Gasteiger partial charge in [-0.1, -0.05) is 260 Å². The smallest absolute Gasteiger partial charge is 0.164 e. The summed E-state index contributed by atoms with van der Waals surface area (Å²) < 4.78 is 4.87. The molecular weight excluding hydrogens is 1170 g/mol. The molecule has 96 heavy (non-hydrogen) atoms.